The van der Waals surface area contributed by atoms with Crippen molar-refractivity contribution in [3.8, 4) is 0 Å². The minimum absolute atomic E-state index is 0.0108. The van der Waals surface area contributed by atoms with Gasteiger partial charge in [0.1, 0.15) is 5.69 Å². The van der Waals surface area contributed by atoms with Crippen molar-refractivity contribution in [2.24, 2.45) is 0 Å². The van der Waals surface area contributed by atoms with Crippen LogP contribution in [0.4, 0.5) is 11.4 Å². The first kappa shape index (κ1) is 14.1. The molecule has 0 bridgehead atoms. The molecule has 1 unspecified atom stereocenters. The van der Waals surface area contributed by atoms with E-state index in [0.29, 0.717) is 11.3 Å². The van der Waals surface area contributed by atoms with Crippen molar-refractivity contribution in [1.82, 2.24) is 0 Å². The molecule has 20 heavy (non-hydrogen) atoms. The first-order chi connectivity index (χ1) is 9.50. The topological polar surface area (TPSA) is 55.2 Å². The smallest absolute Gasteiger partial charge is 0.295 e. The number of nitro groups is 1. The lowest BCUT2D eigenvalue weighted by atomic mass is 10.0. The van der Waals surface area contributed by atoms with Crippen molar-refractivity contribution in [1.29, 1.82) is 0 Å². The molecule has 0 saturated carbocycles. The number of nitro benzene ring substituents is 1. The molecule has 2 rings (SSSR count). The monoisotopic (exact) mass is 270 g/mol. The second-order valence-electron chi connectivity index (χ2n) is 4.95. The van der Waals surface area contributed by atoms with Gasteiger partial charge in [0.05, 0.1) is 4.92 Å². The van der Waals surface area contributed by atoms with Gasteiger partial charge in [0.25, 0.3) is 5.69 Å². The molecule has 0 fully saturated rings. The highest BCUT2D eigenvalue weighted by Gasteiger charge is 2.18. The Labute approximate surface area is 118 Å². The van der Waals surface area contributed by atoms with Crippen molar-refractivity contribution in [3.63, 3.8) is 0 Å². The van der Waals surface area contributed by atoms with Gasteiger partial charge >= 0.3 is 0 Å². The van der Waals surface area contributed by atoms with E-state index in [-0.39, 0.29) is 16.7 Å². The van der Waals surface area contributed by atoms with Gasteiger partial charge in [-0.05, 0) is 38.0 Å². The van der Waals surface area contributed by atoms with Crippen LogP contribution in [0.5, 0.6) is 0 Å². The van der Waals surface area contributed by atoms with Crippen LogP contribution < -0.4 is 5.32 Å². The molecule has 0 saturated heterocycles. The first-order valence-electron chi connectivity index (χ1n) is 6.56. The van der Waals surface area contributed by atoms with E-state index in [1.165, 1.54) is 5.56 Å². The van der Waals surface area contributed by atoms with E-state index in [1.807, 2.05) is 44.2 Å². The van der Waals surface area contributed by atoms with Crippen LogP contribution in [0.1, 0.15) is 29.7 Å². The Morgan fingerprint density at radius 2 is 1.70 bits per heavy atom. The van der Waals surface area contributed by atoms with Gasteiger partial charge in [-0.2, -0.15) is 0 Å². The van der Waals surface area contributed by atoms with Crippen LogP contribution in [-0.4, -0.2) is 4.92 Å². The largest absolute Gasteiger partial charge is 0.373 e. The number of hydrogen-bond donors (Lipinski definition) is 1. The lowest BCUT2D eigenvalue weighted by molar-refractivity contribution is -0.384. The zero-order valence-corrected chi connectivity index (χ0v) is 11.9. The summed E-state index contributed by atoms with van der Waals surface area (Å²) in [5.74, 6) is 0. The van der Waals surface area contributed by atoms with E-state index in [2.05, 4.69) is 5.32 Å². The summed E-state index contributed by atoms with van der Waals surface area (Å²) in [6, 6.07) is 13.4. The fourth-order valence-electron chi connectivity index (χ4n) is 2.40. The molecule has 0 heterocycles. The number of rotatable bonds is 4. The molecular weight excluding hydrogens is 252 g/mol. The number of hydrogen-bond acceptors (Lipinski definition) is 3. The molecule has 0 aliphatic heterocycles. The van der Waals surface area contributed by atoms with Crippen LogP contribution in [-0.2, 0) is 0 Å². The van der Waals surface area contributed by atoms with Gasteiger partial charge in [0.2, 0.25) is 0 Å². The Morgan fingerprint density at radius 1 is 1.05 bits per heavy atom. The van der Waals surface area contributed by atoms with Crippen molar-refractivity contribution in [3.05, 3.63) is 69.3 Å². The average molecular weight is 270 g/mol. The number of para-hydroxylation sites is 1. The summed E-state index contributed by atoms with van der Waals surface area (Å²) in [5.41, 5.74) is 3.68. The number of anilines is 1. The zero-order valence-electron chi connectivity index (χ0n) is 11.9. The summed E-state index contributed by atoms with van der Waals surface area (Å²) in [7, 11) is 0. The molecule has 0 aliphatic carbocycles. The van der Waals surface area contributed by atoms with E-state index >= 15 is 0 Å². The first-order valence-corrected chi connectivity index (χ1v) is 6.56. The van der Waals surface area contributed by atoms with Gasteiger partial charge in [-0.15, -0.1) is 0 Å². The maximum Gasteiger partial charge on any atom is 0.295 e. The minimum atomic E-state index is -0.331. The van der Waals surface area contributed by atoms with Crippen LogP contribution in [0.25, 0.3) is 0 Å². The fourth-order valence-corrected chi connectivity index (χ4v) is 2.40. The molecule has 104 valence electrons. The van der Waals surface area contributed by atoms with Crippen molar-refractivity contribution >= 4 is 11.4 Å². The maximum atomic E-state index is 11.2. The summed E-state index contributed by atoms with van der Waals surface area (Å²) < 4.78 is 0. The molecule has 2 aromatic rings. The van der Waals surface area contributed by atoms with Gasteiger partial charge in [-0.3, -0.25) is 10.1 Å². The van der Waals surface area contributed by atoms with Crippen LogP contribution in [0.2, 0.25) is 0 Å². The van der Waals surface area contributed by atoms with Crippen LogP contribution in [0.15, 0.2) is 42.5 Å². The molecule has 4 nitrogen and oxygen atoms in total. The van der Waals surface area contributed by atoms with Gasteiger partial charge in [-0.1, -0.05) is 36.4 Å². The molecule has 0 spiro atoms. The second kappa shape index (κ2) is 5.74. The molecule has 0 aromatic heterocycles. The lowest BCUT2D eigenvalue weighted by Crippen LogP contribution is -2.10. The quantitative estimate of drug-likeness (QED) is 0.662. The summed E-state index contributed by atoms with van der Waals surface area (Å²) >= 11 is 0. The van der Waals surface area contributed by atoms with Gasteiger partial charge in [-0.25, -0.2) is 0 Å². The van der Waals surface area contributed by atoms with Crippen molar-refractivity contribution < 1.29 is 4.92 Å². The van der Waals surface area contributed by atoms with E-state index < -0.39 is 0 Å². The molecule has 0 radical (unpaired) electrons. The molecule has 0 amide bonds. The number of benzene rings is 2. The van der Waals surface area contributed by atoms with Crippen LogP contribution in [0, 0.1) is 24.0 Å². The molecular formula is C16H18N2O2. The lowest BCUT2D eigenvalue weighted by Gasteiger charge is -2.18. The van der Waals surface area contributed by atoms with Crippen LogP contribution in [0.3, 0.4) is 0 Å². The summed E-state index contributed by atoms with van der Waals surface area (Å²) in [4.78, 5) is 10.9. The summed E-state index contributed by atoms with van der Waals surface area (Å²) in [5, 5.41) is 14.4. The van der Waals surface area contributed by atoms with E-state index in [0.717, 1.165) is 5.56 Å². The SMILES string of the molecule is Cc1ccccc1C(C)Nc1cccc(C)c1[N+](=O)[O-]. The highest BCUT2D eigenvalue weighted by molar-refractivity contribution is 5.65. The van der Waals surface area contributed by atoms with Gasteiger partial charge < -0.3 is 5.32 Å². The average Bonchev–Trinajstić information content (AvgIpc) is 2.38. The number of nitrogens with one attached hydrogen (secondary N) is 1. The molecule has 2 aromatic carbocycles. The Balaban J connectivity index is 2.33. The Hall–Kier alpha value is -2.36. The second-order valence-corrected chi connectivity index (χ2v) is 4.95. The van der Waals surface area contributed by atoms with Gasteiger partial charge in [0, 0.05) is 11.6 Å². The third-order valence-corrected chi connectivity index (χ3v) is 3.45. The van der Waals surface area contributed by atoms with E-state index in [1.54, 1.807) is 19.1 Å². The predicted octanol–water partition coefficient (Wildman–Crippen LogP) is 4.38. The molecule has 4 heteroatoms. The van der Waals surface area contributed by atoms with Crippen molar-refractivity contribution in [2.75, 3.05) is 5.32 Å². The van der Waals surface area contributed by atoms with Crippen LogP contribution >= 0.6 is 0 Å². The highest BCUT2D eigenvalue weighted by Crippen LogP contribution is 2.31. The molecule has 0 aliphatic rings. The summed E-state index contributed by atoms with van der Waals surface area (Å²) in [6.07, 6.45) is 0. The zero-order chi connectivity index (χ0) is 14.7. The fraction of sp³-hybridized carbons (Fsp3) is 0.250. The van der Waals surface area contributed by atoms with E-state index in [4.69, 9.17) is 0 Å². The Kier molecular flexibility index (Phi) is 4.03. The normalized spacial score (nSPS) is 11.9. The van der Waals surface area contributed by atoms with Crippen molar-refractivity contribution in [2.45, 2.75) is 26.8 Å². The molecule has 1 atom stereocenters. The third kappa shape index (κ3) is 2.79. The number of nitrogens with zero attached hydrogens (tertiary/aromatic N) is 1. The standard InChI is InChI=1S/C16H18N2O2/c1-11-7-4-5-9-14(11)13(3)17-15-10-6-8-12(2)16(15)18(19)20/h4-10,13,17H,1-3H3. The Morgan fingerprint density at radius 3 is 2.35 bits per heavy atom. The predicted molar refractivity (Wildman–Crippen MR) is 81.1 cm³/mol. The summed E-state index contributed by atoms with van der Waals surface area (Å²) in [6.45, 7) is 5.80. The van der Waals surface area contributed by atoms with Gasteiger partial charge in [0.15, 0.2) is 0 Å². The highest BCUT2D eigenvalue weighted by atomic mass is 16.6. The third-order valence-electron chi connectivity index (χ3n) is 3.45. The maximum absolute atomic E-state index is 11.2. The van der Waals surface area contributed by atoms with E-state index in [9.17, 15) is 10.1 Å². The molecule has 1 N–H and O–H groups in total. The Bertz CT molecular complexity index is 638. The number of aryl methyl sites for hydroxylation is 2. The minimum Gasteiger partial charge on any atom is -0.373 e.